The summed E-state index contributed by atoms with van der Waals surface area (Å²) in [6.45, 7) is 6.00. The predicted molar refractivity (Wildman–Crippen MR) is 82.4 cm³/mol. The maximum Gasteiger partial charge on any atom is 0.224 e. The van der Waals surface area contributed by atoms with Crippen molar-refractivity contribution in [1.29, 1.82) is 0 Å². The van der Waals surface area contributed by atoms with Gasteiger partial charge in [-0.15, -0.1) is 0 Å². The standard InChI is InChI=1S/C16H17ClN2O/c1-4-7-12-8-5-6-9-13(12)20-15-10-14(17)18-16(19-15)11(2)3/h4-11H,1-3H3/b7-4+. The van der Waals surface area contributed by atoms with Gasteiger partial charge in [-0.3, -0.25) is 0 Å². The molecule has 104 valence electrons. The SMILES string of the molecule is C/C=C/c1ccccc1Oc1cc(Cl)nc(C(C)C)n1. The van der Waals surface area contributed by atoms with Crippen LogP contribution in [0.1, 0.15) is 38.1 Å². The Balaban J connectivity index is 2.35. The van der Waals surface area contributed by atoms with E-state index in [-0.39, 0.29) is 5.92 Å². The maximum atomic E-state index is 6.02. The molecule has 1 aromatic carbocycles. The third kappa shape index (κ3) is 3.58. The van der Waals surface area contributed by atoms with E-state index in [1.54, 1.807) is 6.07 Å². The molecule has 0 saturated heterocycles. The third-order valence-corrected chi connectivity index (χ3v) is 2.88. The lowest BCUT2D eigenvalue weighted by atomic mass is 10.2. The van der Waals surface area contributed by atoms with Crippen molar-refractivity contribution in [3.05, 3.63) is 52.9 Å². The molecule has 0 aliphatic rings. The Hall–Kier alpha value is -1.87. The minimum absolute atomic E-state index is 0.196. The van der Waals surface area contributed by atoms with Gasteiger partial charge in [0.15, 0.2) is 0 Å². The van der Waals surface area contributed by atoms with Gasteiger partial charge in [0.05, 0.1) is 0 Å². The second-order valence-corrected chi connectivity index (χ2v) is 5.07. The van der Waals surface area contributed by atoms with Crippen molar-refractivity contribution in [2.24, 2.45) is 0 Å². The number of aromatic nitrogens is 2. The summed E-state index contributed by atoms with van der Waals surface area (Å²) in [4.78, 5) is 8.58. The van der Waals surface area contributed by atoms with Crippen LogP contribution in [0.2, 0.25) is 5.15 Å². The van der Waals surface area contributed by atoms with Gasteiger partial charge < -0.3 is 4.74 Å². The van der Waals surface area contributed by atoms with Crippen LogP contribution in [0.5, 0.6) is 11.6 Å². The van der Waals surface area contributed by atoms with E-state index < -0.39 is 0 Å². The number of ether oxygens (including phenoxy) is 1. The van der Waals surface area contributed by atoms with Crippen LogP contribution >= 0.6 is 11.6 Å². The lowest BCUT2D eigenvalue weighted by Gasteiger charge is -2.10. The van der Waals surface area contributed by atoms with Crippen molar-refractivity contribution in [2.45, 2.75) is 26.7 Å². The van der Waals surface area contributed by atoms with Gasteiger partial charge in [0, 0.05) is 17.5 Å². The first kappa shape index (κ1) is 14.5. The van der Waals surface area contributed by atoms with Crippen molar-refractivity contribution in [3.63, 3.8) is 0 Å². The molecule has 2 rings (SSSR count). The molecule has 3 nitrogen and oxygen atoms in total. The molecule has 0 bridgehead atoms. The predicted octanol–water partition coefficient (Wildman–Crippen LogP) is 5.08. The summed E-state index contributed by atoms with van der Waals surface area (Å²) >= 11 is 6.02. The van der Waals surface area contributed by atoms with Gasteiger partial charge in [-0.2, -0.15) is 4.98 Å². The summed E-state index contributed by atoms with van der Waals surface area (Å²) in [7, 11) is 0. The van der Waals surface area contributed by atoms with Crippen LogP contribution in [-0.4, -0.2) is 9.97 Å². The summed E-state index contributed by atoms with van der Waals surface area (Å²) < 4.78 is 5.85. The second-order valence-electron chi connectivity index (χ2n) is 4.68. The Bertz CT molecular complexity index is 624. The van der Waals surface area contributed by atoms with Gasteiger partial charge in [0.25, 0.3) is 0 Å². The summed E-state index contributed by atoms with van der Waals surface area (Å²) in [6, 6.07) is 9.41. The lowest BCUT2D eigenvalue weighted by Crippen LogP contribution is -2.00. The highest BCUT2D eigenvalue weighted by Gasteiger charge is 2.09. The summed E-state index contributed by atoms with van der Waals surface area (Å²) in [5.74, 6) is 2.08. The van der Waals surface area contributed by atoms with E-state index in [9.17, 15) is 0 Å². The second kappa shape index (κ2) is 6.53. The van der Waals surface area contributed by atoms with Gasteiger partial charge in [-0.25, -0.2) is 4.98 Å². The zero-order valence-electron chi connectivity index (χ0n) is 11.8. The normalized spacial score (nSPS) is 11.2. The zero-order chi connectivity index (χ0) is 14.5. The molecule has 0 fully saturated rings. The topological polar surface area (TPSA) is 35.0 Å². The Morgan fingerprint density at radius 2 is 1.95 bits per heavy atom. The number of para-hydroxylation sites is 1. The Morgan fingerprint density at radius 1 is 1.20 bits per heavy atom. The molecule has 0 N–H and O–H groups in total. The molecule has 1 aromatic heterocycles. The van der Waals surface area contributed by atoms with Crippen molar-refractivity contribution in [2.75, 3.05) is 0 Å². The average Bonchev–Trinajstić information content (AvgIpc) is 2.40. The number of halogens is 1. The summed E-state index contributed by atoms with van der Waals surface area (Å²) in [5, 5.41) is 0.391. The van der Waals surface area contributed by atoms with Crippen LogP contribution in [0.3, 0.4) is 0 Å². The average molecular weight is 289 g/mol. The van der Waals surface area contributed by atoms with Crippen LogP contribution in [0, 0.1) is 0 Å². The first-order chi connectivity index (χ1) is 9.60. The quantitative estimate of drug-likeness (QED) is 0.736. The largest absolute Gasteiger partial charge is 0.438 e. The van der Waals surface area contributed by atoms with E-state index in [0.717, 1.165) is 11.3 Å². The molecule has 0 aliphatic heterocycles. The van der Waals surface area contributed by atoms with Crippen molar-refractivity contribution in [1.82, 2.24) is 9.97 Å². The van der Waals surface area contributed by atoms with Gasteiger partial charge in [0.2, 0.25) is 5.88 Å². The molecular formula is C16H17ClN2O. The van der Waals surface area contributed by atoms with E-state index in [0.29, 0.717) is 16.9 Å². The molecule has 0 aliphatic carbocycles. The minimum Gasteiger partial charge on any atom is -0.438 e. The monoisotopic (exact) mass is 288 g/mol. The van der Waals surface area contributed by atoms with Crippen LogP contribution in [-0.2, 0) is 0 Å². The molecule has 1 heterocycles. The van der Waals surface area contributed by atoms with E-state index >= 15 is 0 Å². The van der Waals surface area contributed by atoms with Gasteiger partial charge in [0.1, 0.15) is 16.7 Å². The maximum absolute atomic E-state index is 6.02. The number of rotatable bonds is 4. The van der Waals surface area contributed by atoms with E-state index in [1.165, 1.54) is 0 Å². The number of nitrogens with zero attached hydrogens (tertiary/aromatic N) is 2. The first-order valence-corrected chi connectivity index (χ1v) is 6.92. The van der Waals surface area contributed by atoms with Crippen molar-refractivity contribution in [3.8, 4) is 11.6 Å². The highest BCUT2D eigenvalue weighted by atomic mass is 35.5. The number of hydrogen-bond donors (Lipinski definition) is 0. The van der Waals surface area contributed by atoms with Crippen LogP contribution < -0.4 is 4.74 Å². The fourth-order valence-corrected chi connectivity index (χ4v) is 1.91. The number of benzene rings is 1. The molecule has 0 unspecified atom stereocenters. The smallest absolute Gasteiger partial charge is 0.224 e. The zero-order valence-corrected chi connectivity index (χ0v) is 12.6. The summed E-state index contributed by atoms with van der Waals surface area (Å²) in [6.07, 6.45) is 3.95. The fourth-order valence-electron chi connectivity index (χ4n) is 1.73. The van der Waals surface area contributed by atoms with Crippen molar-refractivity contribution >= 4 is 17.7 Å². The molecule has 0 amide bonds. The number of allylic oxidation sites excluding steroid dienone is 1. The number of hydrogen-bond acceptors (Lipinski definition) is 3. The Labute approximate surface area is 124 Å². The van der Waals surface area contributed by atoms with Gasteiger partial charge >= 0.3 is 0 Å². The van der Waals surface area contributed by atoms with E-state index in [2.05, 4.69) is 9.97 Å². The van der Waals surface area contributed by atoms with Crippen LogP contribution in [0.4, 0.5) is 0 Å². The molecule has 2 aromatic rings. The van der Waals surface area contributed by atoms with E-state index in [1.807, 2.05) is 57.2 Å². The van der Waals surface area contributed by atoms with Gasteiger partial charge in [-0.1, -0.05) is 55.8 Å². The van der Waals surface area contributed by atoms with Crippen molar-refractivity contribution < 1.29 is 4.74 Å². The molecule has 0 atom stereocenters. The highest BCUT2D eigenvalue weighted by molar-refractivity contribution is 6.29. The Kier molecular flexibility index (Phi) is 4.74. The third-order valence-electron chi connectivity index (χ3n) is 2.68. The minimum atomic E-state index is 0.196. The lowest BCUT2D eigenvalue weighted by molar-refractivity contribution is 0.456. The first-order valence-electron chi connectivity index (χ1n) is 6.54. The Morgan fingerprint density at radius 3 is 2.65 bits per heavy atom. The van der Waals surface area contributed by atoms with Gasteiger partial charge in [-0.05, 0) is 13.0 Å². The van der Waals surface area contributed by atoms with Crippen LogP contribution in [0.15, 0.2) is 36.4 Å². The van der Waals surface area contributed by atoms with E-state index in [4.69, 9.17) is 16.3 Å². The fraction of sp³-hybridized carbons (Fsp3) is 0.250. The molecule has 0 spiro atoms. The summed E-state index contributed by atoms with van der Waals surface area (Å²) in [5.41, 5.74) is 0.996. The molecule has 0 radical (unpaired) electrons. The van der Waals surface area contributed by atoms with Crippen LogP contribution in [0.25, 0.3) is 6.08 Å². The highest BCUT2D eigenvalue weighted by Crippen LogP contribution is 2.27. The molecule has 4 heteroatoms. The molecular weight excluding hydrogens is 272 g/mol. The molecule has 20 heavy (non-hydrogen) atoms. The molecule has 0 saturated carbocycles.